The number of benzene rings is 2. The highest BCUT2D eigenvalue weighted by atomic mass is 19.1. The van der Waals surface area contributed by atoms with Crippen molar-refractivity contribution in [1.82, 2.24) is 5.32 Å². The zero-order valence-corrected chi connectivity index (χ0v) is 16.2. The summed E-state index contributed by atoms with van der Waals surface area (Å²) in [6.45, 7) is 4.09. The Hall–Kier alpha value is -3.33. The first kappa shape index (κ1) is 21.0. The van der Waals surface area contributed by atoms with E-state index in [1.807, 2.05) is 19.9 Å². The molecule has 0 saturated heterocycles. The molecule has 146 valence electrons. The number of amides is 1. The van der Waals surface area contributed by atoms with Crippen LogP contribution in [0.3, 0.4) is 0 Å². The lowest BCUT2D eigenvalue weighted by atomic mass is 10.1. The smallest absolute Gasteiger partial charge is 0.262 e. The van der Waals surface area contributed by atoms with Crippen molar-refractivity contribution in [2.24, 2.45) is 0 Å². The second kappa shape index (κ2) is 10.1. The Morgan fingerprint density at radius 3 is 2.57 bits per heavy atom. The average molecular weight is 382 g/mol. The molecule has 1 atom stereocenters. The number of rotatable bonds is 8. The van der Waals surface area contributed by atoms with Crippen LogP contribution in [0.5, 0.6) is 11.5 Å². The lowest BCUT2D eigenvalue weighted by molar-refractivity contribution is -0.117. The van der Waals surface area contributed by atoms with Crippen LogP contribution in [-0.4, -0.2) is 19.1 Å². The minimum Gasteiger partial charge on any atom is -0.493 e. The van der Waals surface area contributed by atoms with E-state index in [1.54, 1.807) is 30.3 Å². The van der Waals surface area contributed by atoms with E-state index in [4.69, 9.17) is 9.47 Å². The molecule has 0 radical (unpaired) electrons. The number of nitrogens with one attached hydrogen (secondary N) is 1. The quantitative estimate of drug-likeness (QED) is 0.548. The number of nitrogens with zero attached hydrogens (tertiary/aromatic N) is 1. The molecule has 0 unspecified atom stereocenters. The molecule has 2 aromatic carbocycles. The lowest BCUT2D eigenvalue weighted by Crippen LogP contribution is -2.32. The first-order valence-corrected chi connectivity index (χ1v) is 8.94. The van der Waals surface area contributed by atoms with Crippen LogP contribution >= 0.6 is 0 Å². The number of carbonyl (C=O) groups excluding carboxylic acids is 1. The standard InChI is InChI=1S/C22H23FN2O3/c1-4-15(2)25-22(26)18(13-24)11-17-7-10-20(21(12-17)27-3)28-14-16-5-8-19(23)9-6-16/h5-12,15H,4,14H2,1-3H3,(H,25,26)/b18-11+/t15-/m0/s1. The minimum atomic E-state index is -0.410. The molecule has 0 aliphatic heterocycles. The van der Waals surface area contributed by atoms with Crippen molar-refractivity contribution in [3.63, 3.8) is 0 Å². The van der Waals surface area contributed by atoms with Gasteiger partial charge in [0.05, 0.1) is 7.11 Å². The van der Waals surface area contributed by atoms with Gasteiger partial charge in [-0.2, -0.15) is 5.26 Å². The van der Waals surface area contributed by atoms with Crippen molar-refractivity contribution in [1.29, 1.82) is 5.26 Å². The molecule has 2 aromatic rings. The summed E-state index contributed by atoms with van der Waals surface area (Å²) in [6.07, 6.45) is 2.28. The van der Waals surface area contributed by atoms with E-state index >= 15 is 0 Å². The zero-order chi connectivity index (χ0) is 20.5. The maximum atomic E-state index is 13.0. The van der Waals surface area contributed by atoms with Crippen LogP contribution in [0.15, 0.2) is 48.0 Å². The van der Waals surface area contributed by atoms with Crippen LogP contribution in [0.1, 0.15) is 31.4 Å². The summed E-state index contributed by atoms with van der Waals surface area (Å²) in [6, 6.07) is 13.1. The first-order valence-electron chi connectivity index (χ1n) is 8.94. The maximum Gasteiger partial charge on any atom is 0.262 e. The van der Waals surface area contributed by atoms with Gasteiger partial charge < -0.3 is 14.8 Å². The van der Waals surface area contributed by atoms with E-state index < -0.39 is 5.91 Å². The van der Waals surface area contributed by atoms with Gasteiger partial charge in [0.2, 0.25) is 0 Å². The second-order valence-corrected chi connectivity index (χ2v) is 6.28. The summed E-state index contributed by atoms with van der Waals surface area (Å²) in [7, 11) is 1.51. The van der Waals surface area contributed by atoms with Gasteiger partial charge in [0.25, 0.3) is 5.91 Å². The molecule has 6 heteroatoms. The Kier molecular flexibility index (Phi) is 7.58. The molecule has 28 heavy (non-hydrogen) atoms. The van der Waals surface area contributed by atoms with Crippen molar-refractivity contribution in [3.05, 3.63) is 65.0 Å². The van der Waals surface area contributed by atoms with Crippen LogP contribution in [0.2, 0.25) is 0 Å². The van der Waals surface area contributed by atoms with Crippen LogP contribution in [0.25, 0.3) is 6.08 Å². The van der Waals surface area contributed by atoms with E-state index in [1.165, 1.54) is 25.3 Å². The fraction of sp³-hybridized carbons (Fsp3) is 0.273. The van der Waals surface area contributed by atoms with Gasteiger partial charge >= 0.3 is 0 Å². The topological polar surface area (TPSA) is 71.4 Å². The Bertz CT molecular complexity index is 886. The molecule has 0 spiro atoms. The largest absolute Gasteiger partial charge is 0.493 e. The maximum absolute atomic E-state index is 13.0. The summed E-state index contributed by atoms with van der Waals surface area (Å²) < 4.78 is 24.1. The van der Waals surface area contributed by atoms with E-state index in [9.17, 15) is 14.4 Å². The highest BCUT2D eigenvalue weighted by molar-refractivity contribution is 6.01. The fourth-order valence-corrected chi connectivity index (χ4v) is 2.35. The van der Waals surface area contributed by atoms with E-state index in [-0.39, 0.29) is 24.0 Å². The van der Waals surface area contributed by atoms with Crippen molar-refractivity contribution >= 4 is 12.0 Å². The normalized spacial score (nSPS) is 12.0. The highest BCUT2D eigenvalue weighted by Crippen LogP contribution is 2.29. The Morgan fingerprint density at radius 2 is 1.96 bits per heavy atom. The monoisotopic (exact) mass is 382 g/mol. The molecule has 0 bridgehead atoms. The molecule has 0 fully saturated rings. The zero-order valence-electron chi connectivity index (χ0n) is 16.2. The third-order valence-electron chi connectivity index (χ3n) is 4.16. The number of hydrogen-bond donors (Lipinski definition) is 1. The summed E-state index contributed by atoms with van der Waals surface area (Å²) in [5.41, 5.74) is 1.48. The molecule has 0 aliphatic carbocycles. The van der Waals surface area contributed by atoms with Gasteiger partial charge in [-0.15, -0.1) is 0 Å². The number of hydrogen-bond acceptors (Lipinski definition) is 4. The highest BCUT2D eigenvalue weighted by Gasteiger charge is 2.12. The fourth-order valence-electron chi connectivity index (χ4n) is 2.35. The van der Waals surface area contributed by atoms with Crippen molar-refractivity contribution in [2.75, 3.05) is 7.11 Å². The van der Waals surface area contributed by atoms with Crippen LogP contribution in [-0.2, 0) is 11.4 Å². The molecule has 0 saturated carbocycles. The summed E-state index contributed by atoms with van der Waals surface area (Å²) in [5, 5.41) is 12.1. The Morgan fingerprint density at radius 1 is 1.25 bits per heavy atom. The Balaban J connectivity index is 2.15. The Labute approximate surface area is 164 Å². The predicted octanol–water partition coefficient (Wildman–Crippen LogP) is 4.23. The van der Waals surface area contributed by atoms with Gasteiger partial charge in [-0.3, -0.25) is 4.79 Å². The molecular formula is C22H23FN2O3. The van der Waals surface area contributed by atoms with Crippen LogP contribution in [0, 0.1) is 17.1 Å². The molecule has 0 aromatic heterocycles. The molecule has 2 rings (SSSR count). The van der Waals surface area contributed by atoms with Crippen molar-refractivity contribution in [2.45, 2.75) is 32.9 Å². The van der Waals surface area contributed by atoms with Crippen LogP contribution < -0.4 is 14.8 Å². The second-order valence-electron chi connectivity index (χ2n) is 6.28. The van der Waals surface area contributed by atoms with Gasteiger partial charge in [0.1, 0.15) is 24.1 Å². The van der Waals surface area contributed by atoms with E-state index in [2.05, 4.69) is 5.32 Å². The van der Waals surface area contributed by atoms with Gasteiger partial charge in [-0.25, -0.2) is 4.39 Å². The number of halogens is 1. The van der Waals surface area contributed by atoms with E-state index in [0.29, 0.717) is 17.1 Å². The molecule has 1 N–H and O–H groups in total. The molecule has 5 nitrogen and oxygen atoms in total. The van der Waals surface area contributed by atoms with Crippen molar-refractivity contribution < 1.29 is 18.7 Å². The summed E-state index contributed by atoms with van der Waals surface area (Å²) >= 11 is 0. The number of nitriles is 1. The molecule has 0 heterocycles. The molecule has 1 amide bonds. The van der Waals surface area contributed by atoms with E-state index in [0.717, 1.165) is 12.0 Å². The van der Waals surface area contributed by atoms with Crippen molar-refractivity contribution in [3.8, 4) is 17.6 Å². The average Bonchev–Trinajstić information content (AvgIpc) is 2.71. The lowest BCUT2D eigenvalue weighted by Gasteiger charge is -2.12. The number of methoxy groups -OCH3 is 1. The third-order valence-corrected chi connectivity index (χ3v) is 4.16. The van der Waals surface area contributed by atoms with Gasteiger partial charge in [0, 0.05) is 6.04 Å². The third kappa shape index (κ3) is 5.85. The van der Waals surface area contributed by atoms with Gasteiger partial charge in [0.15, 0.2) is 11.5 Å². The number of carbonyl (C=O) groups is 1. The molecule has 0 aliphatic rings. The predicted molar refractivity (Wildman–Crippen MR) is 105 cm³/mol. The SMILES string of the molecule is CC[C@H](C)NC(=O)/C(C#N)=C/c1ccc(OCc2ccc(F)cc2)c(OC)c1. The van der Waals surface area contributed by atoms with Crippen LogP contribution in [0.4, 0.5) is 4.39 Å². The van der Waals surface area contributed by atoms with Gasteiger partial charge in [-0.05, 0) is 54.8 Å². The summed E-state index contributed by atoms with van der Waals surface area (Å²) in [4.78, 5) is 12.2. The molecular weight excluding hydrogens is 359 g/mol. The summed E-state index contributed by atoms with van der Waals surface area (Å²) in [5.74, 6) is 0.262. The van der Waals surface area contributed by atoms with Gasteiger partial charge in [-0.1, -0.05) is 25.1 Å². The number of ether oxygens (including phenoxy) is 2. The minimum absolute atomic E-state index is 0.0129. The first-order chi connectivity index (χ1) is 13.5.